The summed E-state index contributed by atoms with van der Waals surface area (Å²) in [4.78, 5) is 18.1. The van der Waals surface area contributed by atoms with Crippen molar-refractivity contribution in [2.45, 2.75) is 19.8 Å². The lowest BCUT2D eigenvalue weighted by molar-refractivity contribution is 0.0954. The first-order valence-electron chi connectivity index (χ1n) is 8.57. The SMILES string of the molecule is COc1ccc(C(=O)NCCc2nc(C)c(Cc3ccccc3)s2)cc1. The van der Waals surface area contributed by atoms with Crippen molar-refractivity contribution in [2.24, 2.45) is 0 Å². The fourth-order valence-electron chi connectivity index (χ4n) is 2.67. The van der Waals surface area contributed by atoms with E-state index in [2.05, 4.69) is 34.6 Å². The lowest BCUT2D eigenvalue weighted by Gasteiger charge is -2.05. The highest BCUT2D eigenvalue weighted by atomic mass is 32.1. The number of hydrogen-bond donors (Lipinski definition) is 1. The van der Waals surface area contributed by atoms with Gasteiger partial charge in [0.05, 0.1) is 17.8 Å². The number of hydrogen-bond acceptors (Lipinski definition) is 4. The smallest absolute Gasteiger partial charge is 0.251 e. The normalized spacial score (nSPS) is 10.5. The standard InChI is InChI=1S/C21H22N2O2S/c1-15-19(14-16-6-4-3-5-7-16)26-20(23-15)12-13-22-21(24)17-8-10-18(25-2)11-9-17/h3-11H,12-14H2,1-2H3,(H,22,24). The molecule has 26 heavy (non-hydrogen) atoms. The molecule has 0 aliphatic heterocycles. The van der Waals surface area contributed by atoms with Crippen LogP contribution in [0.25, 0.3) is 0 Å². The van der Waals surface area contributed by atoms with Gasteiger partial charge in [-0.25, -0.2) is 4.98 Å². The van der Waals surface area contributed by atoms with Crippen LogP contribution in [-0.2, 0) is 12.8 Å². The van der Waals surface area contributed by atoms with Crippen LogP contribution in [0.4, 0.5) is 0 Å². The van der Waals surface area contributed by atoms with E-state index in [1.165, 1.54) is 10.4 Å². The Morgan fingerprint density at radius 2 is 1.85 bits per heavy atom. The fraction of sp³-hybridized carbons (Fsp3) is 0.238. The minimum Gasteiger partial charge on any atom is -0.497 e. The van der Waals surface area contributed by atoms with Crippen LogP contribution in [-0.4, -0.2) is 24.5 Å². The highest BCUT2D eigenvalue weighted by Gasteiger charge is 2.10. The van der Waals surface area contributed by atoms with Crippen molar-refractivity contribution in [3.05, 3.63) is 81.3 Å². The summed E-state index contributed by atoms with van der Waals surface area (Å²) in [5.41, 5.74) is 3.00. The van der Waals surface area contributed by atoms with Gasteiger partial charge in [0.2, 0.25) is 0 Å². The molecule has 2 aromatic carbocycles. The second kappa shape index (κ2) is 8.63. The molecule has 134 valence electrons. The average molecular weight is 366 g/mol. The monoisotopic (exact) mass is 366 g/mol. The summed E-state index contributed by atoms with van der Waals surface area (Å²) in [7, 11) is 1.61. The number of nitrogens with one attached hydrogen (secondary N) is 1. The molecule has 0 saturated carbocycles. The van der Waals surface area contributed by atoms with Gasteiger partial charge in [-0.2, -0.15) is 0 Å². The summed E-state index contributed by atoms with van der Waals surface area (Å²) in [5.74, 6) is 0.663. The molecule has 3 aromatic rings. The third-order valence-corrected chi connectivity index (χ3v) is 5.34. The van der Waals surface area contributed by atoms with E-state index < -0.39 is 0 Å². The Labute approximate surface area is 157 Å². The number of aryl methyl sites for hydroxylation is 1. The van der Waals surface area contributed by atoms with Gasteiger partial charge >= 0.3 is 0 Å². The maximum atomic E-state index is 12.2. The van der Waals surface area contributed by atoms with Gasteiger partial charge < -0.3 is 10.1 Å². The van der Waals surface area contributed by atoms with E-state index in [-0.39, 0.29) is 5.91 Å². The molecule has 1 aromatic heterocycles. The summed E-state index contributed by atoms with van der Waals surface area (Å²) in [5, 5.41) is 4.01. The second-order valence-corrected chi connectivity index (χ2v) is 7.18. The minimum atomic E-state index is -0.0783. The average Bonchev–Trinajstić information content (AvgIpc) is 3.02. The Bertz CT molecular complexity index is 857. The summed E-state index contributed by atoms with van der Waals surface area (Å²) >= 11 is 1.73. The molecule has 1 heterocycles. The predicted octanol–water partition coefficient (Wildman–Crippen LogP) is 4.02. The molecule has 0 spiro atoms. The van der Waals surface area contributed by atoms with E-state index in [1.807, 2.05) is 13.0 Å². The van der Waals surface area contributed by atoms with Crippen LogP contribution in [0.2, 0.25) is 0 Å². The molecule has 1 N–H and O–H groups in total. The minimum absolute atomic E-state index is 0.0783. The number of carbonyl (C=O) groups is 1. The maximum Gasteiger partial charge on any atom is 0.251 e. The van der Waals surface area contributed by atoms with E-state index >= 15 is 0 Å². The second-order valence-electron chi connectivity index (χ2n) is 6.01. The molecule has 0 saturated heterocycles. The molecule has 0 radical (unpaired) electrons. The van der Waals surface area contributed by atoms with E-state index in [9.17, 15) is 4.79 Å². The highest BCUT2D eigenvalue weighted by Crippen LogP contribution is 2.22. The number of benzene rings is 2. The zero-order valence-corrected chi connectivity index (χ0v) is 15.8. The summed E-state index contributed by atoms with van der Waals surface area (Å²) in [6, 6.07) is 17.5. The number of rotatable bonds is 7. The van der Waals surface area contributed by atoms with Crippen LogP contribution in [0, 0.1) is 6.92 Å². The van der Waals surface area contributed by atoms with Crippen molar-refractivity contribution in [3.63, 3.8) is 0 Å². The van der Waals surface area contributed by atoms with Gasteiger partial charge in [0.1, 0.15) is 5.75 Å². The van der Waals surface area contributed by atoms with E-state index in [0.29, 0.717) is 12.1 Å². The quantitative estimate of drug-likeness (QED) is 0.687. The Kier molecular flexibility index (Phi) is 6.02. The molecule has 4 nitrogen and oxygen atoms in total. The van der Waals surface area contributed by atoms with Crippen molar-refractivity contribution in [2.75, 3.05) is 13.7 Å². The van der Waals surface area contributed by atoms with Crippen LogP contribution < -0.4 is 10.1 Å². The summed E-state index contributed by atoms with van der Waals surface area (Å²) in [6.07, 6.45) is 1.64. The topological polar surface area (TPSA) is 51.2 Å². The molecular formula is C21H22N2O2S. The van der Waals surface area contributed by atoms with Gasteiger partial charge in [-0.15, -0.1) is 11.3 Å². The summed E-state index contributed by atoms with van der Waals surface area (Å²) < 4.78 is 5.11. The van der Waals surface area contributed by atoms with Crippen LogP contribution in [0.5, 0.6) is 5.75 Å². The number of aromatic nitrogens is 1. The molecule has 0 aliphatic carbocycles. The van der Waals surface area contributed by atoms with Crippen LogP contribution in [0.1, 0.15) is 31.5 Å². The third-order valence-electron chi connectivity index (χ3n) is 4.12. The lowest BCUT2D eigenvalue weighted by atomic mass is 10.1. The predicted molar refractivity (Wildman–Crippen MR) is 105 cm³/mol. The van der Waals surface area contributed by atoms with Gasteiger partial charge in [-0.3, -0.25) is 4.79 Å². The van der Waals surface area contributed by atoms with Crippen molar-refractivity contribution in [1.29, 1.82) is 0 Å². The number of thiazole rings is 1. The molecular weight excluding hydrogens is 344 g/mol. The molecule has 3 rings (SSSR count). The van der Waals surface area contributed by atoms with Gasteiger partial charge in [0.25, 0.3) is 5.91 Å². The van der Waals surface area contributed by atoms with E-state index in [0.717, 1.165) is 29.3 Å². The Morgan fingerprint density at radius 3 is 2.54 bits per heavy atom. The number of carbonyl (C=O) groups excluding carboxylic acids is 1. The Hall–Kier alpha value is -2.66. The van der Waals surface area contributed by atoms with Gasteiger partial charge in [0.15, 0.2) is 0 Å². The zero-order chi connectivity index (χ0) is 18.4. The van der Waals surface area contributed by atoms with Crippen molar-refractivity contribution in [3.8, 4) is 5.75 Å². The number of ether oxygens (including phenoxy) is 1. The maximum absolute atomic E-state index is 12.2. The lowest BCUT2D eigenvalue weighted by Crippen LogP contribution is -2.25. The van der Waals surface area contributed by atoms with Crippen molar-refractivity contribution in [1.82, 2.24) is 10.3 Å². The fourth-order valence-corrected chi connectivity index (χ4v) is 3.77. The largest absolute Gasteiger partial charge is 0.497 e. The first kappa shape index (κ1) is 18.1. The molecule has 1 amide bonds. The van der Waals surface area contributed by atoms with E-state index in [1.54, 1.807) is 42.7 Å². The van der Waals surface area contributed by atoms with Crippen LogP contribution in [0.3, 0.4) is 0 Å². The Balaban J connectivity index is 1.53. The summed E-state index contributed by atoms with van der Waals surface area (Å²) in [6.45, 7) is 2.62. The molecule has 0 bridgehead atoms. The number of nitrogens with zero attached hydrogens (tertiary/aromatic N) is 1. The van der Waals surface area contributed by atoms with Crippen LogP contribution in [0.15, 0.2) is 54.6 Å². The van der Waals surface area contributed by atoms with Crippen molar-refractivity contribution < 1.29 is 9.53 Å². The third kappa shape index (κ3) is 4.70. The first-order chi connectivity index (χ1) is 12.7. The van der Waals surface area contributed by atoms with Crippen LogP contribution >= 0.6 is 11.3 Å². The zero-order valence-electron chi connectivity index (χ0n) is 15.0. The molecule has 0 unspecified atom stereocenters. The van der Waals surface area contributed by atoms with Gasteiger partial charge in [-0.1, -0.05) is 30.3 Å². The van der Waals surface area contributed by atoms with Crippen molar-refractivity contribution >= 4 is 17.2 Å². The molecule has 0 aliphatic rings. The van der Waals surface area contributed by atoms with E-state index in [4.69, 9.17) is 4.74 Å². The molecule has 0 fully saturated rings. The highest BCUT2D eigenvalue weighted by molar-refractivity contribution is 7.11. The molecule has 0 atom stereocenters. The Morgan fingerprint density at radius 1 is 1.12 bits per heavy atom. The number of methoxy groups -OCH3 is 1. The van der Waals surface area contributed by atoms with Gasteiger partial charge in [-0.05, 0) is 36.8 Å². The molecule has 5 heteroatoms. The van der Waals surface area contributed by atoms with Gasteiger partial charge in [0, 0.05) is 29.8 Å². The first-order valence-corrected chi connectivity index (χ1v) is 9.38. The number of amides is 1.